The molecule has 1 rings (SSSR count). The van der Waals surface area contributed by atoms with E-state index in [1.807, 2.05) is 13.8 Å². The van der Waals surface area contributed by atoms with Crippen LogP contribution in [0, 0.1) is 0 Å². The first-order valence-corrected chi connectivity index (χ1v) is 5.54. The lowest BCUT2D eigenvalue weighted by molar-refractivity contribution is -0.131. The van der Waals surface area contributed by atoms with Crippen molar-refractivity contribution in [1.29, 1.82) is 0 Å². The van der Waals surface area contributed by atoms with Crippen molar-refractivity contribution < 1.29 is 14.3 Å². The Labute approximate surface area is 100 Å². The lowest BCUT2D eigenvalue weighted by atomic mass is 10.3. The molecule has 0 atom stereocenters. The van der Waals surface area contributed by atoms with E-state index in [0.717, 1.165) is 0 Å². The highest BCUT2D eigenvalue weighted by Gasteiger charge is 2.11. The summed E-state index contributed by atoms with van der Waals surface area (Å²) in [6.07, 6.45) is 3.87. The molecular weight excluding hydrogens is 222 g/mol. The minimum Gasteiger partial charge on any atom is -0.351 e. The van der Waals surface area contributed by atoms with Gasteiger partial charge < -0.3 is 14.8 Å². The first-order valence-electron chi connectivity index (χ1n) is 5.54. The molecule has 0 radical (unpaired) electrons. The van der Waals surface area contributed by atoms with Gasteiger partial charge in [-0.25, -0.2) is 9.97 Å². The van der Waals surface area contributed by atoms with Crippen LogP contribution in [0.4, 0.5) is 0 Å². The number of carbonyl (C=O) groups excluding carboxylic acids is 1. The maximum Gasteiger partial charge on any atom is 0.254 e. The number of carbonyl (C=O) groups is 1. The summed E-state index contributed by atoms with van der Waals surface area (Å²) in [6, 6.07) is 0. The largest absolute Gasteiger partial charge is 0.351 e. The van der Waals surface area contributed by atoms with Crippen LogP contribution in [0.25, 0.3) is 0 Å². The van der Waals surface area contributed by atoms with Crippen molar-refractivity contribution in [3.05, 3.63) is 24.3 Å². The summed E-state index contributed by atoms with van der Waals surface area (Å²) in [6.45, 7) is 5.12. The predicted molar refractivity (Wildman–Crippen MR) is 61.4 cm³/mol. The molecule has 0 saturated heterocycles. The summed E-state index contributed by atoms with van der Waals surface area (Å²) >= 11 is 0. The van der Waals surface area contributed by atoms with Gasteiger partial charge >= 0.3 is 0 Å². The third kappa shape index (κ3) is 4.88. The van der Waals surface area contributed by atoms with Gasteiger partial charge in [0.15, 0.2) is 6.29 Å². The van der Waals surface area contributed by atoms with Gasteiger partial charge in [0.05, 0.1) is 12.1 Å². The smallest absolute Gasteiger partial charge is 0.254 e. The number of amides is 1. The second kappa shape index (κ2) is 7.70. The number of hydrogen-bond acceptors (Lipinski definition) is 5. The Morgan fingerprint density at radius 1 is 1.29 bits per heavy atom. The number of ether oxygens (including phenoxy) is 2. The number of nitrogens with one attached hydrogen (secondary N) is 1. The second-order valence-electron chi connectivity index (χ2n) is 3.18. The van der Waals surface area contributed by atoms with Gasteiger partial charge in [-0.2, -0.15) is 0 Å². The maximum absolute atomic E-state index is 11.7. The molecule has 1 N–H and O–H groups in total. The van der Waals surface area contributed by atoms with Crippen LogP contribution in [0.2, 0.25) is 0 Å². The third-order valence-corrected chi connectivity index (χ3v) is 1.96. The quantitative estimate of drug-likeness (QED) is 0.705. The van der Waals surface area contributed by atoms with Gasteiger partial charge in [0.2, 0.25) is 0 Å². The molecule has 0 aliphatic heterocycles. The predicted octanol–water partition coefficient (Wildman–Crippen LogP) is 0.605. The van der Waals surface area contributed by atoms with Gasteiger partial charge in [-0.1, -0.05) is 0 Å². The number of rotatable bonds is 7. The average Bonchev–Trinajstić information content (AvgIpc) is 2.37. The minimum absolute atomic E-state index is 0.241. The highest BCUT2D eigenvalue weighted by atomic mass is 16.7. The molecular formula is C11H17N3O3. The molecule has 1 amide bonds. The molecule has 6 nitrogen and oxygen atoms in total. The standard InChI is InChI=1S/C11H17N3O3/c1-3-16-10(17-4-2)7-14-11(15)9-5-12-8-13-6-9/h5-6,8,10H,3-4,7H2,1-2H3,(H,14,15). The molecule has 0 aliphatic rings. The molecule has 0 fully saturated rings. The van der Waals surface area contributed by atoms with E-state index >= 15 is 0 Å². The molecule has 17 heavy (non-hydrogen) atoms. The lowest BCUT2D eigenvalue weighted by Gasteiger charge is -2.17. The Balaban J connectivity index is 2.41. The molecule has 0 aromatic carbocycles. The van der Waals surface area contributed by atoms with Crippen molar-refractivity contribution in [3.8, 4) is 0 Å². The van der Waals surface area contributed by atoms with Gasteiger partial charge in [-0.15, -0.1) is 0 Å². The molecule has 0 bridgehead atoms. The van der Waals surface area contributed by atoms with E-state index < -0.39 is 6.29 Å². The summed E-state index contributed by atoms with van der Waals surface area (Å²) < 4.78 is 10.6. The van der Waals surface area contributed by atoms with Crippen molar-refractivity contribution in [2.45, 2.75) is 20.1 Å². The normalized spacial score (nSPS) is 10.5. The molecule has 0 saturated carbocycles. The van der Waals surface area contributed by atoms with Crippen LogP contribution >= 0.6 is 0 Å². The van der Waals surface area contributed by atoms with Crippen LogP contribution in [0.1, 0.15) is 24.2 Å². The number of nitrogens with zero attached hydrogens (tertiary/aromatic N) is 2. The molecule has 94 valence electrons. The van der Waals surface area contributed by atoms with Crippen molar-refractivity contribution in [1.82, 2.24) is 15.3 Å². The van der Waals surface area contributed by atoms with E-state index in [2.05, 4.69) is 15.3 Å². The van der Waals surface area contributed by atoms with Gasteiger partial charge in [0.1, 0.15) is 6.33 Å². The van der Waals surface area contributed by atoms with Crippen LogP contribution in [0.5, 0.6) is 0 Å². The monoisotopic (exact) mass is 239 g/mol. The Hall–Kier alpha value is -1.53. The second-order valence-corrected chi connectivity index (χ2v) is 3.18. The van der Waals surface area contributed by atoms with E-state index in [1.165, 1.54) is 18.7 Å². The van der Waals surface area contributed by atoms with Gasteiger partial charge in [-0.05, 0) is 13.8 Å². The van der Waals surface area contributed by atoms with Crippen molar-refractivity contribution >= 4 is 5.91 Å². The van der Waals surface area contributed by atoms with Crippen LogP contribution in [0.15, 0.2) is 18.7 Å². The van der Waals surface area contributed by atoms with Crippen LogP contribution in [-0.2, 0) is 9.47 Å². The molecule has 0 aliphatic carbocycles. The highest BCUT2D eigenvalue weighted by molar-refractivity contribution is 5.93. The van der Waals surface area contributed by atoms with E-state index in [0.29, 0.717) is 25.3 Å². The van der Waals surface area contributed by atoms with Crippen molar-refractivity contribution in [2.24, 2.45) is 0 Å². The van der Waals surface area contributed by atoms with Crippen LogP contribution in [-0.4, -0.2) is 41.9 Å². The van der Waals surface area contributed by atoms with E-state index in [4.69, 9.17) is 9.47 Å². The summed E-state index contributed by atoms with van der Waals surface area (Å²) in [5.41, 5.74) is 0.416. The van der Waals surface area contributed by atoms with Crippen molar-refractivity contribution in [2.75, 3.05) is 19.8 Å². The third-order valence-electron chi connectivity index (χ3n) is 1.96. The molecule has 1 aromatic heterocycles. The lowest BCUT2D eigenvalue weighted by Crippen LogP contribution is -2.35. The average molecular weight is 239 g/mol. The summed E-state index contributed by atoms with van der Waals surface area (Å²) in [5, 5.41) is 2.70. The molecule has 0 unspecified atom stereocenters. The fraction of sp³-hybridized carbons (Fsp3) is 0.545. The first kappa shape index (κ1) is 13.5. The maximum atomic E-state index is 11.7. The van der Waals surface area contributed by atoms with Gasteiger partial charge in [0, 0.05) is 25.6 Å². The van der Waals surface area contributed by atoms with E-state index in [-0.39, 0.29) is 5.91 Å². The zero-order chi connectivity index (χ0) is 12.5. The number of aromatic nitrogens is 2. The fourth-order valence-corrected chi connectivity index (χ4v) is 1.23. The minimum atomic E-state index is -0.418. The topological polar surface area (TPSA) is 73.3 Å². The zero-order valence-electron chi connectivity index (χ0n) is 10.0. The summed E-state index contributed by atoms with van der Waals surface area (Å²) in [4.78, 5) is 19.2. The molecule has 6 heteroatoms. The Bertz CT molecular complexity index is 326. The van der Waals surface area contributed by atoms with E-state index in [9.17, 15) is 4.79 Å². The molecule has 1 heterocycles. The van der Waals surface area contributed by atoms with Crippen molar-refractivity contribution in [3.63, 3.8) is 0 Å². The Morgan fingerprint density at radius 2 is 1.88 bits per heavy atom. The highest BCUT2D eigenvalue weighted by Crippen LogP contribution is 1.96. The summed E-state index contributed by atoms with van der Waals surface area (Å²) in [5.74, 6) is -0.241. The van der Waals surface area contributed by atoms with Crippen LogP contribution < -0.4 is 5.32 Å². The Morgan fingerprint density at radius 3 is 2.41 bits per heavy atom. The van der Waals surface area contributed by atoms with Crippen LogP contribution in [0.3, 0.4) is 0 Å². The molecule has 0 spiro atoms. The van der Waals surface area contributed by atoms with Gasteiger partial charge in [0.25, 0.3) is 5.91 Å². The summed E-state index contributed by atoms with van der Waals surface area (Å²) in [7, 11) is 0. The van der Waals surface area contributed by atoms with E-state index in [1.54, 1.807) is 0 Å². The van der Waals surface area contributed by atoms with Gasteiger partial charge in [-0.3, -0.25) is 4.79 Å². The zero-order valence-corrected chi connectivity index (χ0v) is 10.0. The fourth-order valence-electron chi connectivity index (χ4n) is 1.23. The number of hydrogen-bond donors (Lipinski definition) is 1. The SMILES string of the molecule is CCOC(CNC(=O)c1cncnc1)OCC. The Kier molecular flexibility index (Phi) is 6.13. The first-order chi connectivity index (χ1) is 8.27. The molecule has 1 aromatic rings.